The molecule has 1 unspecified atom stereocenters. The molecule has 2 heterocycles. The average Bonchev–Trinajstić information content (AvgIpc) is 3.81. The van der Waals surface area contributed by atoms with E-state index in [1.807, 2.05) is 49.7 Å². The Bertz CT molecular complexity index is 2340. The van der Waals surface area contributed by atoms with Crippen molar-refractivity contribution >= 4 is 46.8 Å². The van der Waals surface area contributed by atoms with Crippen LogP contribution in [0.1, 0.15) is 43.0 Å². The van der Waals surface area contributed by atoms with Gasteiger partial charge in [0, 0.05) is 68.1 Å². The van der Waals surface area contributed by atoms with E-state index in [0.717, 1.165) is 29.8 Å². The number of hydrogen-bond acceptors (Lipinski definition) is 11. The number of nitro groups is 1. The number of aldehydes is 1. The highest BCUT2D eigenvalue weighted by atomic mass is 16.6. The fraction of sp³-hybridized carbons (Fsp3) is 0.233. The number of para-hydroxylation sites is 2. The van der Waals surface area contributed by atoms with Crippen LogP contribution in [0.3, 0.4) is 0 Å². The number of carbonyl (C=O) groups excluding carboxylic acids is 2. The molecule has 2 aliphatic heterocycles. The van der Waals surface area contributed by atoms with Crippen molar-refractivity contribution in [3.05, 3.63) is 134 Å². The maximum atomic E-state index is 13.8. The molecule has 0 aromatic heterocycles. The van der Waals surface area contributed by atoms with Crippen molar-refractivity contribution in [2.24, 2.45) is 4.99 Å². The molecule has 0 spiro atoms. The minimum atomic E-state index is -0.478. The normalized spacial score (nSPS) is 14.3. The van der Waals surface area contributed by atoms with Gasteiger partial charge in [0.2, 0.25) is 0 Å². The van der Waals surface area contributed by atoms with Crippen LogP contribution in [0.25, 0.3) is 0 Å². The number of non-ortho nitro benzene ring substituents is 1. The Hall–Kier alpha value is -6.89. The van der Waals surface area contributed by atoms with Gasteiger partial charge in [0.1, 0.15) is 13.2 Å². The number of likely N-dealkylation sites (N-methyl/N-ethyl adjacent to an activating group) is 1. The number of benzene rings is 5. The van der Waals surface area contributed by atoms with Crippen LogP contribution >= 0.6 is 0 Å². The van der Waals surface area contributed by atoms with Gasteiger partial charge in [0.05, 0.1) is 42.1 Å². The van der Waals surface area contributed by atoms with Crippen LogP contribution < -0.4 is 34.1 Å². The summed E-state index contributed by atoms with van der Waals surface area (Å²) in [6.45, 7) is 0.468. The van der Waals surface area contributed by atoms with E-state index in [0.29, 0.717) is 69.5 Å². The van der Waals surface area contributed by atoms with Crippen molar-refractivity contribution in [2.75, 3.05) is 50.0 Å². The van der Waals surface area contributed by atoms with Gasteiger partial charge in [-0.1, -0.05) is 36.4 Å². The summed E-state index contributed by atoms with van der Waals surface area (Å²) < 4.78 is 23.5. The Morgan fingerprint density at radius 3 is 2.16 bits per heavy atom. The molecule has 5 aromatic carbocycles. The molecule has 1 amide bonds. The number of carbonyl (C=O) groups is 2. The number of hydrogen-bond donors (Lipinski definition) is 1. The molecular weight excluding hydrogens is 714 g/mol. The zero-order valence-corrected chi connectivity index (χ0v) is 31.5. The van der Waals surface area contributed by atoms with E-state index in [1.54, 1.807) is 42.3 Å². The lowest BCUT2D eigenvalue weighted by Crippen LogP contribution is -2.29. The number of nitro benzene ring substituents is 1. The van der Waals surface area contributed by atoms with Crippen LogP contribution in [0.2, 0.25) is 0 Å². The lowest BCUT2D eigenvalue weighted by molar-refractivity contribution is -0.385. The minimum Gasteiger partial charge on any atom is -0.493 e. The lowest BCUT2D eigenvalue weighted by atomic mass is 10.1. The molecule has 5 aromatic rings. The van der Waals surface area contributed by atoms with E-state index >= 15 is 0 Å². The first-order chi connectivity index (χ1) is 27.2. The number of nitrogens with zero attached hydrogens (tertiary/aromatic N) is 4. The summed E-state index contributed by atoms with van der Waals surface area (Å²) in [6.07, 6.45) is 4.09. The third-order valence-electron chi connectivity index (χ3n) is 10.1. The highest BCUT2D eigenvalue weighted by Crippen LogP contribution is 2.39. The fourth-order valence-corrected chi connectivity index (χ4v) is 7.18. The van der Waals surface area contributed by atoms with E-state index in [1.165, 1.54) is 31.9 Å². The van der Waals surface area contributed by atoms with Crippen molar-refractivity contribution in [1.82, 2.24) is 0 Å². The zero-order chi connectivity index (χ0) is 39.3. The molecule has 1 N–H and O–H groups in total. The number of nitrogens with one attached hydrogen (secondary N) is 1. The summed E-state index contributed by atoms with van der Waals surface area (Å²) in [4.78, 5) is 45.9. The van der Waals surface area contributed by atoms with Gasteiger partial charge in [-0.25, -0.2) is 0 Å². The van der Waals surface area contributed by atoms with Crippen LogP contribution in [0.4, 0.5) is 28.4 Å². The summed E-state index contributed by atoms with van der Waals surface area (Å²) in [5.74, 6) is 1.14. The van der Waals surface area contributed by atoms with E-state index in [4.69, 9.17) is 18.9 Å². The predicted octanol–water partition coefficient (Wildman–Crippen LogP) is 7.59. The molecule has 56 heavy (non-hydrogen) atoms. The summed E-state index contributed by atoms with van der Waals surface area (Å²) in [5, 5.41) is 15.1. The van der Waals surface area contributed by atoms with Crippen molar-refractivity contribution < 1.29 is 33.5 Å². The van der Waals surface area contributed by atoms with Gasteiger partial charge < -0.3 is 34.1 Å². The molecule has 13 heteroatoms. The van der Waals surface area contributed by atoms with Crippen LogP contribution in [0.5, 0.6) is 23.0 Å². The first-order valence-electron chi connectivity index (χ1n) is 18.1. The Balaban J connectivity index is 1.09. The Morgan fingerprint density at radius 2 is 1.52 bits per heavy atom. The Labute approximate surface area is 324 Å². The molecule has 1 atom stereocenters. The Kier molecular flexibility index (Phi) is 10.8. The Morgan fingerprint density at radius 1 is 0.875 bits per heavy atom. The molecule has 13 nitrogen and oxygen atoms in total. The summed E-state index contributed by atoms with van der Waals surface area (Å²) >= 11 is 0. The van der Waals surface area contributed by atoms with Crippen molar-refractivity contribution in [2.45, 2.75) is 32.1 Å². The second-order valence-electron chi connectivity index (χ2n) is 13.4. The number of fused-ring (bicyclic) bond motifs is 2. The number of amides is 1. The fourth-order valence-electron chi connectivity index (χ4n) is 7.18. The van der Waals surface area contributed by atoms with Crippen molar-refractivity contribution in [1.29, 1.82) is 0 Å². The first kappa shape index (κ1) is 37.4. The molecular formula is C43H41N5O8. The molecule has 0 aliphatic carbocycles. The molecule has 0 saturated heterocycles. The van der Waals surface area contributed by atoms with Crippen LogP contribution in [0.15, 0.2) is 96.0 Å². The second-order valence-corrected chi connectivity index (χ2v) is 13.4. The molecule has 0 bridgehead atoms. The van der Waals surface area contributed by atoms with Gasteiger partial charge in [-0.3, -0.25) is 24.7 Å². The molecule has 0 radical (unpaired) electrons. The topological polar surface area (TPSA) is 145 Å². The molecule has 2 aliphatic rings. The molecule has 286 valence electrons. The third kappa shape index (κ3) is 7.56. The van der Waals surface area contributed by atoms with Gasteiger partial charge >= 0.3 is 0 Å². The highest BCUT2D eigenvalue weighted by molar-refractivity contribution is 6.11. The van der Waals surface area contributed by atoms with Crippen LogP contribution in [-0.4, -0.2) is 64.2 Å². The molecule has 0 fully saturated rings. The largest absolute Gasteiger partial charge is 0.493 e. The maximum absolute atomic E-state index is 13.8. The van der Waals surface area contributed by atoms with E-state index in [2.05, 4.69) is 27.3 Å². The smallest absolute Gasteiger partial charge is 0.270 e. The number of aliphatic imine (C=N–C) groups is 1. The van der Waals surface area contributed by atoms with Crippen LogP contribution in [-0.2, 0) is 26.1 Å². The maximum Gasteiger partial charge on any atom is 0.270 e. The summed E-state index contributed by atoms with van der Waals surface area (Å²) in [7, 11) is 6.68. The first-order valence-corrected chi connectivity index (χ1v) is 18.1. The van der Waals surface area contributed by atoms with Gasteiger partial charge in [-0.15, -0.1) is 0 Å². The standard InChI is InChI=1S/C43H41N5O8/c1-44-36-22-42(40(54-4)20-34(36)43(50)47-14-13-29-9-5-8-12-38(29)47)56-26-28-15-27(16-32(17-28)48(51)52)25-55-41-21-35(31(24-49)19-39(41)53-3)45-23-33-18-30-10-6-7-11-37(30)46(33)2/h5-12,15-17,19-24,33,44H,13-14,18,25-26H2,1-4H3. The van der Waals surface area contributed by atoms with E-state index < -0.39 is 4.92 Å². The van der Waals surface area contributed by atoms with Gasteiger partial charge in [-0.2, -0.15) is 0 Å². The number of ether oxygens (including phenoxy) is 4. The lowest BCUT2D eigenvalue weighted by Gasteiger charge is -2.21. The molecule has 7 rings (SSSR count). The average molecular weight is 756 g/mol. The zero-order valence-electron chi connectivity index (χ0n) is 31.5. The van der Waals surface area contributed by atoms with Gasteiger partial charge in [0.25, 0.3) is 11.6 Å². The highest BCUT2D eigenvalue weighted by Gasteiger charge is 2.28. The third-order valence-corrected chi connectivity index (χ3v) is 10.1. The van der Waals surface area contributed by atoms with Crippen molar-refractivity contribution in [3.8, 4) is 23.0 Å². The SMILES string of the molecule is CNc1cc(OCc2cc(COc3cc(N=CC4Cc5ccccc5N4C)c(C=O)cc3OC)cc([N+](=O)[O-])c2)c(OC)cc1C(=O)N1CCc2ccccc21. The number of rotatable bonds is 14. The van der Waals surface area contributed by atoms with Crippen molar-refractivity contribution in [3.63, 3.8) is 0 Å². The number of methoxy groups -OCH3 is 2. The van der Waals surface area contributed by atoms with E-state index in [9.17, 15) is 19.7 Å². The van der Waals surface area contributed by atoms with E-state index in [-0.39, 0.29) is 30.9 Å². The van der Waals surface area contributed by atoms with Crippen LogP contribution in [0, 0.1) is 10.1 Å². The summed E-state index contributed by atoms with van der Waals surface area (Å²) in [5.41, 5.74) is 6.92. The predicted molar refractivity (Wildman–Crippen MR) is 215 cm³/mol. The molecule has 0 saturated carbocycles. The monoisotopic (exact) mass is 755 g/mol. The van der Waals surface area contributed by atoms with Gasteiger partial charge in [0.15, 0.2) is 29.3 Å². The minimum absolute atomic E-state index is 0.00204. The second kappa shape index (κ2) is 16.2. The quantitative estimate of drug-likeness (QED) is 0.0521. The summed E-state index contributed by atoms with van der Waals surface area (Å²) in [6, 6.07) is 27.1. The van der Waals surface area contributed by atoms with Gasteiger partial charge in [-0.05, 0) is 65.4 Å². The number of anilines is 3.